The van der Waals surface area contributed by atoms with Gasteiger partial charge in [-0.05, 0) is 38.6 Å². The topological polar surface area (TPSA) is 45.0 Å². The lowest BCUT2D eigenvalue weighted by Crippen LogP contribution is -2.19. The minimum Gasteiger partial charge on any atom is -0.476 e. The highest BCUT2D eigenvalue weighted by atomic mass is 79.9. The van der Waals surface area contributed by atoms with Gasteiger partial charge in [-0.25, -0.2) is 0 Å². The summed E-state index contributed by atoms with van der Waals surface area (Å²) in [5.74, 6) is 0.760. The summed E-state index contributed by atoms with van der Waals surface area (Å²) in [5.41, 5.74) is 1.06. The third-order valence-corrected chi connectivity index (χ3v) is 2.93. The second-order valence-electron chi connectivity index (χ2n) is 3.85. The van der Waals surface area contributed by atoms with E-state index >= 15 is 0 Å². The zero-order chi connectivity index (χ0) is 12.8. The zero-order valence-corrected chi connectivity index (χ0v) is 11.9. The van der Waals surface area contributed by atoms with E-state index in [0.717, 1.165) is 22.3 Å². The number of ether oxygens (including phenoxy) is 1. The van der Waals surface area contributed by atoms with Gasteiger partial charge in [-0.3, -0.25) is 0 Å². The van der Waals surface area contributed by atoms with E-state index in [1.54, 1.807) is 6.92 Å². The Kier molecular flexibility index (Phi) is 5.46. The molecule has 0 aliphatic heterocycles. The van der Waals surface area contributed by atoms with Crippen LogP contribution in [0, 0.1) is 11.3 Å². The molecule has 17 heavy (non-hydrogen) atoms. The highest BCUT2D eigenvalue weighted by Crippen LogP contribution is 2.29. The average Bonchev–Trinajstić information content (AvgIpc) is 2.31. The molecule has 0 fully saturated rings. The first kappa shape index (κ1) is 14.0. The van der Waals surface area contributed by atoms with Crippen LogP contribution in [0.1, 0.15) is 32.4 Å². The summed E-state index contributed by atoms with van der Waals surface area (Å²) >= 11 is 3.45. The molecular weight excluding hydrogens is 280 g/mol. The van der Waals surface area contributed by atoms with E-state index in [4.69, 9.17) is 10.00 Å². The van der Waals surface area contributed by atoms with Crippen LogP contribution in [-0.4, -0.2) is 12.6 Å². The van der Waals surface area contributed by atoms with Crippen LogP contribution >= 0.6 is 15.9 Å². The Hall–Kier alpha value is -1.05. The van der Waals surface area contributed by atoms with Crippen LogP contribution in [0.25, 0.3) is 0 Å². The molecule has 1 aromatic carbocycles. The Balaban J connectivity index is 2.99. The smallest absolute Gasteiger partial charge is 0.181 e. The summed E-state index contributed by atoms with van der Waals surface area (Å²) in [7, 11) is 0. The molecule has 0 aliphatic rings. The largest absolute Gasteiger partial charge is 0.476 e. The predicted octanol–water partition coefficient (Wildman–Crippen LogP) is 3.41. The Morgan fingerprint density at radius 2 is 2.18 bits per heavy atom. The minimum absolute atomic E-state index is 0.193. The van der Waals surface area contributed by atoms with Crippen molar-refractivity contribution in [1.29, 1.82) is 5.26 Å². The van der Waals surface area contributed by atoms with Crippen molar-refractivity contribution in [3.8, 4) is 11.8 Å². The first-order valence-corrected chi connectivity index (χ1v) is 6.46. The molecule has 2 unspecified atom stereocenters. The quantitative estimate of drug-likeness (QED) is 0.906. The van der Waals surface area contributed by atoms with Crippen molar-refractivity contribution >= 4 is 15.9 Å². The SMILES string of the molecule is CCNC(C)c1cc(Br)ccc1OC(C)C#N. The summed E-state index contributed by atoms with van der Waals surface area (Å²) in [6.45, 7) is 6.77. The number of benzene rings is 1. The molecule has 1 aromatic rings. The van der Waals surface area contributed by atoms with Gasteiger partial charge >= 0.3 is 0 Å². The second-order valence-corrected chi connectivity index (χ2v) is 4.77. The first-order valence-electron chi connectivity index (χ1n) is 5.67. The van der Waals surface area contributed by atoms with Crippen molar-refractivity contribution in [3.05, 3.63) is 28.2 Å². The maximum Gasteiger partial charge on any atom is 0.181 e. The van der Waals surface area contributed by atoms with Crippen molar-refractivity contribution in [2.45, 2.75) is 32.9 Å². The third-order valence-electron chi connectivity index (χ3n) is 2.43. The number of nitriles is 1. The van der Waals surface area contributed by atoms with E-state index in [1.807, 2.05) is 18.2 Å². The standard InChI is InChI=1S/C13H17BrN2O/c1-4-16-10(3)12-7-11(14)5-6-13(12)17-9(2)8-15/h5-7,9-10,16H,4H2,1-3H3. The highest BCUT2D eigenvalue weighted by molar-refractivity contribution is 9.10. The van der Waals surface area contributed by atoms with Crippen LogP contribution in [0.15, 0.2) is 22.7 Å². The lowest BCUT2D eigenvalue weighted by molar-refractivity contribution is 0.271. The molecule has 0 radical (unpaired) electrons. The molecule has 1 N–H and O–H groups in total. The molecule has 0 aromatic heterocycles. The van der Waals surface area contributed by atoms with Crippen LogP contribution in [0.5, 0.6) is 5.75 Å². The van der Waals surface area contributed by atoms with Gasteiger partial charge in [0.2, 0.25) is 0 Å². The Bertz CT molecular complexity index is 414. The number of rotatable bonds is 5. The van der Waals surface area contributed by atoms with Crippen molar-refractivity contribution in [2.24, 2.45) is 0 Å². The summed E-state index contributed by atoms with van der Waals surface area (Å²) in [5, 5.41) is 12.1. The molecule has 0 saturated heterocycles. The monoisotopic (exact) mass is 296 g/mol. The van der Waals surface area contributed by atoms with Crippen LogP contribution in [0.2, 0.25) is 0 Å². The van der Waals surface area contributed by atoms with E-state index in [9.17, 15) is 0 Å². The van der Waals surface area contributed by atoms with Gasteiger partial charge in [-0.15, -0.1) is 0 Å². The highest BCUT2D eigenvalue weighted by Gasteiger charge is 2.13. The molecule has 3 nitrogen and oxygen atoms in total. The average molecular weight is 297 g/mol. The van der Waals surface area contributed by atoms with Gasteiger partial charge in [-0.1, -0.05) is 22.9 Å². The number of hydrogen-bond acceptors (Lipinski definition) is 3. The van der Waals surface area contributed by atoms with E-state index < -0.39 is 6.10 Å². The van der Waals surface area contributed by atoms with Gasteiger partial charge in [0.05, 0.1) is 0 Å². The maximum absolute atomic E-state index is 8.78. The van der Waals surface area contributed by atoms with E-state index in [0.29, 0.717) is 0 Å². The van der Waals surface area contributed by atoms with Gasteiger partial charge in [0.25, 0.3) is 0 Å². The fraction of sp³-hybridized carbons (Fsp3) is 0.462. The van der Waals surface area contributed by atoms with Crippen LogP contribution in [0.3, 0.4) is 0 Å². The molecule has 0 saturated carbocycles. The zero-order valence-electron chi connectivity index (χ0n) is 10.3. The van der Waals surface area contributed by atoms with Crippen molar-refractivity contribution in [1.82, 2.24) is 5.32 Å². The van der Waals surface area contributed by atoms with Crippen LogP contribution in [0.4, 0.5) is 0 Å². The Morgan fingerprint density at radius 3 is 2.76 bits per heavy atom. The van der Waals surface area contributed by atoms with E-state index in [-0.39, 0.29) is 6.04 Å². The molecule has 0 bridgehead atoms. The molecule has 0 spiro atoms. The van der Waals surface area contributed by atoms with Gasteiger partial charge in [-0.2, -0.15) is 5.26 Å². The number of nitrogens with one attached hydrogen (secondary N) is 1. The molecule has 4 heteroatoms. The fourth-order valence-electron chi connectivity index (χ4n) is 1.60. The van der Waals surface area contributed by atoms with E-state index in [1.165, 1.54) is 0 Å². The minimum atomic E-state index is -0.441. The van der Waals surface area contributed by atoms with Crippen LogP contribution in [-0.2, 0) is 0 Å². The van der Waals surface area contributed by atoms with E-state index in [2.05, 4.69) is 41.2 Å². The number of halogens is 1. The molecule has 2 atom stereocenters. The van der Waals surface area contributed by atoms with Crippen molar-refractivity contribution < 1.29 is 4.74 Å². The normalized spacial score (nSPS) is 13.8. The molecular formula is C13H17BrN2O. The third kappa shape index (κ3) is 4.03. The summed E-state index contributed by atoms with van der Waals surface area (Å²) < 4.78 is 6.60. The second kappa shape index (κ2) is 6.63. The lowest BCUT2D eigenvalue weighted by Gasteiger charge is -2.18. The first-order chi connectivity index (χ1) is 8.08. The Labute approximate surface area is 111 Å². The molecule has 0 amide bonds. The molecule has 92 valence electrons. The lowest BCUT2D eigenvalue weighted by atomic mass is 10.1. The maximum atomic E-state index is 8.78. The van der Waals surface area contributed by atoms with Crippen LogP contribution < -0.4 is 10.1 Å². The molecule has 1 rings (SSSR count). The van der Waals surface area contributed by atoms with Crippen molar-refractivity contribution in [2.75, 3.05) is 6.54 Å². The predicted molar refractivity (Wildman–Crippen MR) is 71.9 cm³/mol. The van der Waals surface area contributed by atoms with Crippen molar-refractivity contribution in [3.63, 3.8) is 0 Å². The van der Waals surface area contributed by atoms with Gasteiger partial charge < -0.3 is 10.1 Å². The van der Waals surface area contributed by atoms with Gasteiger partial charge in [0.15, 0.2) is 6.10 Å². The Morgan fingerprint density at radius 1 is 1.47 bits per heavy atom. The molecule has 0 heterocycles. The summed E-state index contributed by atoms with van der Waals surface area (Å²) in [6, 6.07) is 8.09. The number of nitrogens with zero attached hydrogens (tertiary/aromatic N) is 1. The summed E-state index contributed by atoms with van der Waals surface area (Å²) in [6.07, 6.45) is -0.441. The molecule has 0 aliphatic carbocycles. The fourth-order valence-corrected chi connectivity index (χ4v) is 1.98. The van der Waals surface area contributed by atoms with Gasteiger partial charge in [0, 0.05) is 16.1 Å². The van der Waals surface area contributed by atoms with Gasteiger partial charge in [0.1, 0.15) is 11.8 Å². The number of hydrogen-bond donors (Lipinski definition) is 1. The summed E-state index contributed by atoms with van der Waals surface area (Å²) in [4.78, 5) is 0.